The van der Waals surface area contributed by atoms with Gasteiger partial charge < -0.3 is 0 Å². The molecule has 2 rings (SSSR count). The summed E-state index contributed by atoms with van der Waals surface area (Å²) in [4.78, 5) is 0. The first-order valence-electron chi connectivity index (χ1n) is 4.51. The van der Waals surface area contributed by atoms with Crippen LogP contribution in [0.25, 0.3) is 0 Å². The molecule has 1 aliphatic rings. The van der Waals surface area contributed by atoms with E-state index in [1.165, 1.54) is 6.07 Å². The Balaban J connectivity index is 2.46. The Kier molecular flexibility index (Phi) is 1.72. The molecule has 3 heteroatoms. The van der Waals surface area contributed by atoms with Crippen molar-refractivity contribution in [2.24, 2.45) is 0 Å². The van der Waals surface area contributed by atoms with Crippen LogP contribution in [0.2, 0.25) is 0 Å². The fourth-order valence-corrected chi connectivity index (χ4v) is 2.00. The van der Waals surface area contributed by atoms with E-state index in [4.69, 9.17) is 0 Å². The SMILES string of the molecule is CC1(C)Cc2ccc(C(F)(F)F)cc21. The summed E-state index contributed by atoms with van der Waals surface area (Å²) in [6.07, 6.45) is -3.35. The number of alkyl halides is 3. The normalized spacial score (nSPS) is 18.6. The summed E-state index contributed by atoms with van der Waals surface area (Å²) in [5.74, 6) is 0. The van der Waals surface area contributed by atoms with Gasteiger partial charge in [0.25, 0.3) is 0 Å². The highest BCUT2D eigenvalue weighted by Gasteiger charge is 2.37. The molecule has 0 fully saturated rings. The van der Waals surface area contributed by atoms with Crippen LogP contribution >= 0.6 is 0 Å². The maximum atomic E-state index is 12.4. The molecule has 0 unspecified atom stereocenters. The van der Waals surface area contributed by atoms with Crippen LogP contribution in [-0.4, -0.2) is 0 Å². The topological polar surface area (TPSA) is 0 Å². The Morgan fingerprint density at radius 2 is 1.86 bits per heavy atom. The first-order valence-corrected chi connectivity index (χ1v) is 4.51. The van der Waals surface area contributed by atoms with E-state index in [1.54, 1.807) is 6.07 Å². The van der Waals surface area contributed by atoms with Crippen molar-refractivity contribution in [2.75, 3.05) is 0 Å². The number of benzene rings is 1. The summed E-state index contributed by atoms with van der Waals surface area (Å²) >= 11 is 0. The zero-order chi connectivity index (χ0) is 10.6. The van der Waals surface area contributed by atoms with Gasteiger partial charge in [0.15, 0.2) is 0 Å². The maximum absolute atomic E-state index is 12.4. The van der Waals surface area contributed by atoms with Crippen LogP contribution < -0.4 is 0 Å². The molecular weight excluding hydrogens is 189 g/mol. The molecule has 0 saturated carbocycles. The highest BCUT2D eigenvalue weighted by Crippen LogP contribution is 2.43. The average molecular weight is 200 g/mol. The minimum atomic E-state index is -4.22. The lowest BCUT2D eigenvalue weighted by Crippen LogP contribution is -2.32. The third-order valence-electron chi connectivity index (χ3n) is 2.80. The Hall–Kier alpha value is -0.990. The maximum Gasteiger partial charge on any atom is 0.416 e. The van der Waals surface area contributed by atoms with Gasteiger partial charge in [0.2, 0.25) is 0 Å². The number of rotatable bonds is 0. The van der Waals surface area contributed by atoms with Crippen LogP contribution in [0.15, 0.2) is 18.2 Å². The molecule has 14 heavy (non-hydrogen) atoms. The van der Waals surface area contributed by atoms with Crippen LogP contribution in [0, 0.1) is 0 Å². The molecule has 76 valence electrons. The molecule has 0 heterocycles. The standard InChI is InChI=1S/C11H11F3/c1-10(2)6-7-3-4-8(5-9(7)10)11(12,13)14/h3-5H,6H2,1-2H3. The van der Waals surface area contributed by atoms with Crippen molar-refractivity contribution in [3.63, 3.8) is 0 Å². The quantitative estimate of drug-likeness (QED) is 0.600. The number of halogens is 3. The van der Waals surface area contributed by atoms with Crippen molar-refractivity contribution >= 4 is 0 Å². The summed E-state index contributed by atoms with van der Waals surface area (Å²) in [6, 6.07) is 4.02. The predicted molar refractivity (Wildman–Crippen MR) is 48.2 cm³/mol. The van der Waals surface area contributed by atoms with Crippen molar-refractivity contribution in [3.8, 4) is 0 Å². The van der Waals surface area contributed by atoms with E-state index in [0.29, 0.717) is 0 Å². The zero-order valence-electron chi connectivity index (χ0n) is 8.07. The fourth-order valence-electron chi connectivity index (χ4n) is 2.00. The van der Waals surface area contributed by atoms with E-state index in [0.717, 1.165) is 23.6 Å². The van der Waals surface area contributed by atoms with Crippen LogP contribution in [0.4, 0.5) is 13.2 Å². The third-order valence-corrected chi connectivity index (χ3v) is 2.80. The van der Waals surface area contributed by atoms with Crippen molar-refractivity contribution in [2.45, 2.75) is 31.9 Å². The van der Waals surface area contributed by atoms with E-state index >= 15 is 0 Å². The van der Waals surface area contributed by atoms with Gasteiger partial charge in [0, 0.05) is 0 Å². The molecule has 0 amide bonds. The Labute approximate surface area is 80.7 Å². The second kappa shape index (κ2) is 2.53. The molecule has 1 aromatic rings. The van der Waals surface area contributed by atoms with Crippen LogP contribution in [-0.2, 0) is 18.0 Å². The van der Waals surface area contributed by atoms with Gasteiger partial charge in [-0.15, -0.1) is 0 Å². The number of hydrogen-bond donors (Lipinski definition) is 0. The largest absolute Gasteiger partial charge is 0.416 e. The third kappa shape index (κ3) is 1.31. The molecule has 0 spiro atoms. The molecule has 0 aliphatic heterocycles. The molecule has 1 aliphatic carbocycles. The average Bonchev–Trinajstić information content (AvgIpc) is 2.00. The van der Waals surface area contributed by atoms with Crippen LogP contribution in [0.1, 0.15) is 30.5 Å². The summed E-state index contributed by atoms with van der Waals surface area (Å²) in [5, 5.41) is 0. The van der Waals surface area contributed by atoms with Crippen molar-refractivity contribution in [3.05, 3.63) is 34.9 Å². The highest BCUT2D eigenvalue weighted by molar-refractivity contribution is 5.46. The molecule has 0 N–H and O–H groups in total. The lowest BCUT2D eigenvalue weighted by atomic mass is 9.66. The number of fused-ring (bicyclic) bond motifs is 1. The Morgan fingerprint density at radius 3 is 2.36 bits per heavy atom. The van der Waals surface area contributed by atoms with Crippen molar-refractivity contribution < 1.29 is 13.2 Å². The van der Waals surface area contributed by atoms with Crippen molar-refractivity contribution in [1.29, 1.82) is 0 Å². The smallest absolute Gasteiger partial charge is 0.166 e. The molecule has 0 atom stereocenters. The summed E-state index contributed by atoms with van der Waals surface area (Å²) in [5.41, 5.74) is 1.26. The molecule has 1 aromatic carbocycles. The van der Waals surface area contributed by atoms with Gasteiger partial charge in [0.1, 0.15) is 0 Å². The van der Waals surface area contributed by atoms with E-state index in [-0.39, 0.29) is 5.41 Å². The molecule has 0 bridgehead atoms. The second-order valence-corrected chi connectivity index (χ2v) is 4.43. The van der Waals surface area contributed by atoms with Gasteiger partial charge in [-0.05, 0) is 35.1 Å². The minimum absolute atomic E-state index is 0.0867. The lowest BCUT2D eigenvalue weighted by molar-refractivity contribution is -0.137. The first-order chi connectivity index (χ1) is 6.31. The van der Waals surface area contributed by atoms with Gasteiger partial charge in [0.05, 0.1) is 5.56 Å². The van der Waals surface area contributed by atoms with Crippen LogP contribution in [0.5, 0.6) is 0 Å². The van der Waals surface area contributed by atoms with Crippen LogP contribution in [0.3, 0.4) is 0 Å². The lowest BCUT2D eigenvalue weighted by Gasteiger charge is -2.38. The highest BCUT2D eigenvalue weighted by atomic mass is 19.4. The molecule has 0 nitrogen and oxygen atoms in total. The first kappa shape index (κ1) is 9.56. The zero-order valence-corrected chi connectivity index (χ0v) is 8.07. The van der Waals surface area contributed by atoms with E-state index in [2.05, 4.69) is 0 Å². The van der Waals surface area contributed by atoms with Crippen molar-refractivity contribution in [1.82, 2.24) is 0 Å². The fraction of sp³-hybridized carbons (Fsp3) is 0.455. The summed E-state index contributed by atoms with van der Waals surface area (Å²) in [6.45, 7) is 3.94. The summed E-state index contributed by atoms with van der Waals surface area (Å²) < 4.78 is 37.1. The van der Waals surface area contributed by atoms with Gasteiger partial charge in [-0.1, -0.05) is 19.9 Å². The minimum Gasteiger partial charge on any atom is -0.166 e. The van der Waals surface area contributed by atoms with Gasteiger partial charge in [-0.3, -0.25) is 0 Å². The van der Waals surface area contributed by atoms with E-state index in [1.807, 2.05) is 13.8 Å². The number of hydrogen-bond acceptors (Lipinski definition) is 0. The van der Waals surface area contributed by atoms with E-state index in [9.17, 15) is 13.2 Å². The Morgan fingerprint density at radius 1 is 1.21 bits per heavy atom. The van der Waals surface area contributed by atoms with Gasteiger partial charge in [-0.25, -0.2) is 0 Å². The second-order valence-electron chi connectivity index (χ2n) is 4.43. The van der Waals surface area contributed by atoms with Gasteiger partial charge >= 0.3 is 6.18 Å². The molecule has 0 aromatic heterocycles. The Bertz CT molecular complexity index is 375. The molecular formula is C11H11F3. The van der Waals surface area contributed by atoms with E-state index < -0.39 is 11.7 Å². The van der Waals surface area contributed by atoms with Gasteiger partial charge in [-0.2, -0.15) is 13.2 Å². The molecule has 0 radical (unpaired) electrons. The predicted octanol–water partition coefficient (Wildman–Crippen LogP) is 3.54. The molecule has 0 saturated heterocycles. The monoisotopic (exact) mass is 200 g/mol. The summed E-state index contributed by atoms with van der Waals surface area (Å²) in [7, 11) is 0.